The normalized spacial score (nSPS) is 12.7. The van der Waals surface area contributed by atoms with Crippen LogP contribution in [-0.2, 0) is 14.3 Å². The zero-order valence-electron chi connectivity index (χ0n) is 48.0. The monoisotopic (exact) mass is 1000 g/mol. The van der Waals surface area contributed by atoms with Gasteiger partial charge in [-0.25, -0.2) is 0 Å². The Kier molecular flexibility index (Phi) is 59.5. The zero-order valence-corrected chi connectivity index (χ0v) is 48.0. The highest BCUT2D eigenvalue weighted by molar-refractivity contribution is 5.76. The van der Waals surface area contributed by atoms with E-state index in [0.29, 0.717) is 25.9 Å². The summed E-state index contributed by atoms with van der Waals surface area (Å²) in [4.78, 5) is 24.4. The van der Waals surface area contributed by atoms with Crippen molar-refractivity contribution in [1.29, 1.82) is 0 Å². The number of carbonyl (C=O) groups excluding carboxylic acids is 2. The van der Waals surface area contributed by atoms with E-state index < -0.39 is 12.1 Å². The van der Waals surface area contributed by atoms with Gasteiger partial charge in [-0.3, -0.25) is 9.59 Å². The Labute approximate surface area is 443 Å². The molecule has 0 aromatic heterocycles. The molecule has 0 aliphatic carbocycles. The largest absolute Gasteiger partial charge is 0.466 e. The Morgan fingerprint density at radius 1 is 0.380 bits per heavy atom. The summed E-state index contributed by atoms with van der Waals surface area (Å²) in [6.45, 7) is 4.93. The summed E-state index contributed by atoms with van der Waals surface area (Å²) in [7, 11) is 0. The summed E-state index contributed by atoms with van der Waals surface area (Å²) in [6.07, 6.45) is 75.1. The second-order valence-corrected chi connectivity index (χ2v) is 22.1. The molecule has 3 N–H and O–H groups in total. The molecule has 2 unspecified atom stereocenters. The average Bonchev–Trinajstić information content (AvgIpc) is 3.37. The van der Waals surface area contributed by atoms with Crippen molar-refractivity contribution in [3.05, 3.63) is 24.3 Å². The average molecular weight is 1000 g/mol. The predicted molar refractivity (Wildman–Crippen MR) is 310 cm³/mol. The van der Waals surface area contributed by atoms with Gasteiger partial charge in [-0.2, -0.15) is 0 Å². The second-order valence-electron chi connectivity index (χ2n) is 22.1. The zero-order chi connectivity index (χ0) is 51.4. The summed E-state index contributed by atoms with van der Waals surface area (Å²) >= 11 is 0. The molecular weight excluding hydrogens is 875 g/mol. The van der Waals surface area contributed by atoms with Crippen molar-refractivity contribution in [1.82, 2.24) is 5.32 Å². The molecule has 420 valence electrons. The smallest absolute Gasteiger partial charge is 0.305 e. The molecule has 0 fully saturated rings. The number of ether oxygens (including phenoxy) is 1. The van der Waals surface area contributed by atoms with Crippen LogP contribution in [0.1, 0.15) is 354 Å². The van der Waals surface area contributed by atoms with Crippen molar-refractivity contribution in [3.8, 4) is 0 Å². The van der Waals surface area contributed by atoms with Gasteiger partial charge >= 0.3 is 5.97 Å². The van der Waals surface area contributed by atoms with Crippen LogP contribution in [0.4, 0.5) is 0 Å². The van der Waals surface area contributed by atoms with Crippen LogP contribution in [0.15, 0.2) is 24.3 Å². The van der Waals surface area contributed by atoms with Crippen LogP contribution < -0.4 is 5.32 Å². The number of unbranched alkanes of at least 4 members (excludes halogenated alkanes) is 45. The summed E-state index contributed by atoms with van der Waals surface area (Å²) in [6, 6.07) is -0.537. The number of nitrogens with one attached hydrogen (secondary N) is 1. The lowest BCUT2D eigenvalue weighted by molar-refractivity contribution is -0.143. The first-order valence-electron chi connectivity index (χ1n) is 32.1. The number of hydrogen-bond acceptors (Lipinski definition) is 5. The van der Waals surface area contributed by atoms with E-state index in [1.165, 1.54) is 276 Å². The lowest BCUT2D eigenvalue weighted by atomic mass is 10.0. The quantitative estimate of drug-likeness (QED) is 0.0320. The number of carbonyl (C=O) groups is 2. The molecule has 0 aliphatic heterocycles. The van der Waals surface area contributed by atoms with Gasteiger partial charge in [0.15, 0.2) is 0 Å². The van der Waals surface area contributed by atoms with Crippen LogP contribution in [0.2, 0.25) is 0 Å². The first-order valence-corrected chi connectivity index (χ1v) is 32.1. The molecule has 0 aromatic rings. The van der Waals surface area contributed by atoms with Crippen molar-refractivity contribution in [2.75, 3.05) is 13.2 Å². The number of esters is 1. The van der Waals surface area contributed by atoms with E-state index in [-0.39, 0.29) is 18.5 Å². The molecule has 0 aliphatic rings. The third-order valence-corrected chi connectivity index (χ3v) is 15.0. The minimum Gasteiger partial charge on any atom is -0.466 e. The Hall–Kier alpha value is -1.66. The molecule has 0 heterocycles. The van der Waals surface area contributed by atoms with E-state index in [9.17, 15) is 19.8 Å². The second kappa shape index (κ2) is 60.9. The minimum absolute atomic E-state index is 0.00819. The number of aliphatic hydroxyl groups excluding tert-OH is 2. The van der Waals surface area contributed by atoms with Gasteiger partial charge in [0.1, 0.15) is 0 Å². The topological polar surface area (TPSA) is 95.9 Å². The maximum atomic E-state index is 12.4. The lowest BCUT2D eigenvalue weighted by Crippen LogP contribution is -2.45. The predicted octanol–water partition coefficient (Wildman–Crippen LogP) is 20.2. The molecule has 6 heteroatoms. The van der Waals surface area contributed by atoms with Crippen molar-refractivity contribution < 1.29 is 24.5 Å². The van der Waals surface area contributed by atoms with Crippen molar-refractivity contribution in [2.24, 2.45) is 0 Å². The molecule has 2 atom stereocenters. The Bertz CT molecular complexity index is 1110. The molecular formula is C65H125NO5. The number of amides is 1. The van der Waals surface area contributed by atoms with Crippen LogP contribution in [0.25, 0.3) is 0 Å². The Balaban J connectivity index is 3.33. The van der Waals surface area contributed by atoms with E-state index in [2.05, 4.69) is 43.5 Å². The van der Waals surface area contributed by atoms with Gasteiger partial charge in [0.2, 0.25) is 5.91 Å². The summed E-state index contributed by atoms with van der Waals surface area (Å²) < 4.78 is 5.47. The molecule has 0 aromatic carbocycles. The van der Waals surface area contributed by atoms with Gasteiger partial charge in [-0.05, 0) is 77.0 Å². The van der Waals surface area contributed by atoms with Crippen molar-refractivity contribution >= 4 is 11.9 Å². The van der Waals surface area contributed by atoms with Gasteiger partial charge in [-0.15, -0.1) is 0 Å². The van der Waals surface area contributed by atoms with E-state index in [1.54, 1.807) is 0 Å². The minimum atomic E-state index is -0.660. The van der Waals surface area contributed by atoms with E-state index >= 15 is 0 Å². The highest BCUT2D eigenvalue weighted by atomic mass is 16.5. The van der Waals surface area contributed by atoms with Gasteiger partial charge < -0.3 is 20.3 Å². The standard InChI is InChI=1S/C65H125NO5/c1-3-5-7-9-11-13-15-39-43-47-51-55-59-65(70)71-60-56-52-48-44-40-37-35-33-31-29-27-25-23-21-19-17-16-18-20-22-24-26-28-30-32-34-36-38-42-46-50-54-58-64(69)66-62(61-67)63(68)57-53-49-45-41-14-12-10-8-6-4-2/h11,13,19,21,62-63,67-68H,3-10,12,14-18,20,22-61H2,1-2H3,(H,66,69)/b13-11-,21-19-. The molecule has 0 radical (unpaired) electrons. The fourth-order valence-electron chi connectivity index (χ4n) is 10.0. The maximum Gasteiger partial charge on any atom is 0.305 e. The van der Waals surface area contributed by atoms with E-state index in [1.807, 2.05) is 0 Å². The van der Waals surface area contributed by atoms with Crippen molar-refractivity contribution in [3.63, 3.8) is 0 Å². The SMILES string of the molecule is CCCCC/C=C\CCCCCCCC(=O)OCCCCCCCCCCCCCC/C=C\CCCCCCCCCCCCCCCCCCC(=O)NC(CO)C(O)CCCCCCCCCCCC. The van der Waals surface area contributed by atoms with Crippen LogP contribution in [0.3, 0.4) is 0 Å². The third kappa shape index (κ3) is 57.5. The van der Waals surface area contributed by atoms with E-state index in [4.69, 9.17) is 4.74 Å². The number of hydrogen-bond donors (Lipinski definition) is 3. The number of aliphatic hydroxyl groups is 2. The molecule has 0 rings (SSSR count). The Morgan fingerprint density at radius 3 is 1.03 bits per heavy atom. The lowest BCUT2D eigenvalue weighted by Gasteiger charge is -2.22. The fraction of sp³-hybridized carbons (Fsp3) is 0.908. The van der Waals surface area contributed by atoms with Crippen LogP contribution in [-0.4, -0.2) is 47.4 Å². The van der Waals surface area contributed by atoms with Crippen LogP contribution in [0.5, 0.6) is 0 Å². The molecule has 1 amide bonds. The Morgan fingerprint density at radius 2 is 0.662 bits per heavy atom. The maximum absolute atomic E-state index is 12.4. The first kappa shape index (κ1) is 69.3. The van der Waals surface area contributed by atoms with Gasteiger partial charge in [0.05, 0.1) is 25.4 Å². The molecule has 0 bridgehead atoms. The number of rotatable bonds is 60. The number of allylic oxidation sites excluding steroid dienone is 4. The van der Waals surface area contributed by atoms with Crippen LogP contribution in [0, 0.1) is 0 Å². The van der Waals surface area contributed by atoms with Gasteiger partial charge in [0.25, 0.3) is 0 Å². The van der Waals surface area contributed by atoms with Gasteiger partial charge in [-0.1, -0.05) is 289 Å². The molecule has 0 saturated heterocycles. The van der Waals surface area contributed by atoms with E-state index in [0.717, 1.165) is 44.9 Å². The molecule has 6 nitrogen and oxygen atoms in total. The summed E-state index contributed by atoms with van der Waals surface area (Å²) in [5.41, 5.74) is 0. The highest BCUT2D eigenvalue weighted by Crippen LogP contribution is 2.18. The van der Waals surface area contributed by atoms with Gasteiger partial charge in [0, 0.05) is 12.8 Å². The fourth-order valence-corrected chi connectivity index (χ4v) is 10.0. The highest BCUT2D eigenvalue weighted by Gasteiger charge is 2.20. The molecule has 0 spiro atoms. The van der Waals surface area contributed by atoms with Crippen molar-refractivity contribution in [2.45, 2.75) is 366 Å². The first-order chi connectivity index (χ1) is 35.0. The van der Waals surface area contributed by atoms with Crippen LogP contribution >= 0.6 is 0 Å². The third-order valence-electron chi connectivity index (χ3n) is 15.0. The molecule has 0 saturated carbocycles. The molecule has 71 heavy (non-hydrogen) atoms. The summed E-state index contributed by atoms with van der Waals surface area (Å²) in [5, 5.41) is 23.2. The summed E-state index contributed by atoms with van der Waals surface area (Å²) in [5.74, 6) is -0.0245.